The zero-order valence-electron chi connectivity index (χ0n) is 19.0. The Morgan fingerprint density at radius 2 is 1.97 bits per heavy atom. The van der Waals surface area contributed by atoms with Crippen molar-refractivity contribution in [2.75, 3.05) is 11.9 Å². The molecular weight excluding hydrogens is 502 g/mol. The van der Waals surface area contributed by atoms with E-state index < -0.39 is 30.5 Å². The Morgan fingerprint density at radius 3 is 2.58 bits per heavy atom. The number of allylic oxidation sites excluding steroid dienone is 2. The lowest BCUT2D eigenvalue weighted by atomic mass is 10.0. The molecule has 0 unspecified atom stereocenters. The van der Waals surface area contributed by atoms with Crippen molar-refractivity contribution in [3.05, 3.63) is 75.8 Å². The Hall–Kier alpha value is -3.99. The smallest absolute Gasteiger partial charge is 0.291 e. The first-order chi connectivity index (χ1) is 17.0. The fraction of sp³-hybridized carbons (Fsp3) is 0.167. The minimum atomic E-state index is -2.70. The molecule has 0 aliphatic rings. The summed E-state index contributed by atoms with van der Waals surface area (Å²) in [5.74, 6) is -3.29. The highest BCUT2D eigenvalue weighted by Gasteiger charge is 2.22. The quantitative estimate of drug-likeness (QED) is 0.244. The first-order valence-corrected chi connectivity index (χ1v) is 10.7. The molecule has 12 heteroatoms. The van der Waals surface area contributed by atoms with E-state index in [-0.39, 0.29) is 44.5 Å². The molecule has 3 rings (SSSR count). The van der Waals surface area contributed by atoms with E-state index in [1.54, 1.807) is 0 Å². The van der Waals surface area contributed by atoms with Crippen molar-refractivity contribution in [3.63, 3.8) is 0 Å². The van der Waals surface area contributed by atoms with Gasteiger partial charge in [-0.1, -0.05) is 17.7 Å². The number of carbonyl (C=O) groups is 2. The Morgan fingerprint density at radius 1 is 1.25 bits per heavy atom. The number of amides is 1. The van der Waals surface area contributed by atoms with Gasteiger partial charge in [0.15, 0.2) is 23.7 Å². The fourth-order valence-electron chi connectivity index (χ4n) is 3.32. The number of nitrogens with zero attached hydrogens (tertiary/aromatic N) is 3. The molecule has 0 spiro atoms. The van der Waals surface area contributed by atoms with Gasteiger partial charge in [0.2, 0.25) is 0 Å². The molecule has 0 atom stereocenters. The first-order valence-electron chi connectivity index (χ1n) is 10.4. The summed E-state index contributed by atoms with van der Waals surface area (Å²) < 4.78 is 56.1. The van der Waals surface area contributed by atoms with Gasteiger partial charge in [-0.3, -0.25) is 14.6 Å². The van der Waals surface area contributed by atoms with Crippen molar-refractivity contribution in [2.24, 2.45) is 17.8 Å². The summed E-state index contributed by atoms with van der Waals surface area (Å²) >= 11 is 5.97. The van der Waals surface area contributed by atoms with Crippen LogP contribution in [0.25, 0.3) is 16.8 Å². The number of hydrogen-bond acceptors (Lipinski definition) is 5. The van der Waals surface area contributed by atoms with Gasteiger partial charge in [-0.15, -0.1) is 0 Å². The molecule has 0 aliphatic carbocycles. The van der Waals surface area contributed by atoms with Crippen molar-refractivity contribution in [3.8, 4) is 11.3 Å². The Kier molecular flexibility index (Phi) is 8.25. The second kappa shape index (κ2) is 11.2. The number of imidazole rings is 1. The molecule has 1 aromatic heterocycles. The fourth-order valence-corrected chi connectivity index (χ4v) is 3.55. The van der Waals surface area contributed by atoms with E-state index in [1.807, 2.05) is 0 Å². The lowest BCUT2D eigenvalue weighted by Gasteiger charge is -2.12. The molecule has 3 aromatic rings. The van der Waals surface area contributed by atoms with Crippen molar-refractivity contribution < 1.29 is 27.2 Å². The zero-order chi connectivity index (χ0) is 26.6. The highest BCUT2D eigenvalue weighted by atomic mass is 35.5. The molecule has 0 fully saturated rings. The standard InChI is InChI=1S/C24H20ClF4N5O2/c1-12(30)17(8-31-10-20(26)27)15-5-6-16(22(29)21(15)28)19-9-32-23(34(19)2)24(36)33-14-4-3-13(11-35)18(25)7-14/h3-9,11,20H,10,30H2,1-2H3,(H,33,36)/b17-12+,31-8?. The molecule has 0 radical (unpaired) electrons. The third-order valence-corrected chi connectivity index (χ3v) is 5.44. The molecule has 1 heterocycles. The molecular formula is C24H20ClF4N5O2. The summed E-state index contributed by atoms with van der Waals surface area (Å²) in [4.78, 5) is 31.1. The maximum Gasteiger partial charge on any atom is 0.291 e. The van der Waals surface area contributed by atoms with Crippen molar-refractivity contribution in [1.29, 1.82) is 0 Å². The highest BCUT2D eigenvalue weighted by Crippen LogP contribution is 2.30. The molecule has 0 saturated heterocycles. The van der Waals surface area contributed by atoms with Crippen LogP contribution in [-0.4, -0.2) is 40.9 Å². The summed E-state index contributed by atoms with van der Waals surface area (Å²) in [6, 6.07) is 6.78. The van der Waals surface area contributed by atoms with E-state index in [4.69, 9.17) is 17.3 Å². The largest absolute Gasteiger partial charge is 0.402 e. The second-order valence-electron chi connectivity index (χ2n) is 7.60. The number of aromatic nitrogens is 2. The lowest BCUT2D eigenvalue weighted by Crippen LogP contribution is -2.17. The number of rotatable bonds is 8. The molecule has 1 amide bonds. The molecule has 0 aliphatic heterocycles. The van der Waals surface area contributed by atoms with Gasteiger partial charge < -0.3 is 15.6 Å². The molecule has 7 nitrogen and oxygen atoms in total. The summed E-state index contributed by atoms with van der Waals surface area (Å²) in [5.41, 5.74) is 5.94. The minimum Gasteiger partial charge on any atom is -0.402 e. The number of benzene rings is 2. The van der Waals surface area contributed by atoms with E-state index >= 15 is 8.78 Å². The number of nitrogens with one attached hydrogen (secondary N) is 1. The van der Waals surface area contributed by atoms with Gasteiger partial charge in [-0.2, -0.15) is 0 Å². The van der Waals surface area contributed by atoms with Crippen LogP contribution >= 0.6 is 11.6 Å². The number of carbonyl (C=O) groups excluding carboxylic acids is 2. The number of aliphatic imine (C=N–C) groups is 1. The van der Waals surface area contributed by atoms with Gasteiger partial charge in [0.05, 0.1) is 23.5 Å². The third-order valence-electron chi connectivity index (χ3n) is 5.11. The number of aldehydes is 1. The SMILES string of the molecule is C/C(N)=C(/C=NCC(F)F)c1ccc(-c2cnc(C(=O)Nc3ccc(C=O)c(Cl)c3)n2C)c(F)c1F. The van der Waals surface area contributed by atoms with E-state index in [9.17, 15) is 18.4 Å². The van der Waals surface area contributed by atoms with Crippen LogP contribution in [0.15, 0.2) is 47.2 Å². The van der Waals surface area contributed by atoms with Crippen LogP contribution in [-0.2, 0) is 7.05 Å². The molecule has 188 valence electrons. The van der Waals surface area contributed by atoms with Crippen LogP contribution < -0.4 is 11.1 Å². The van der Waals surface area contributed by atoms with Crippen LogP contribution in [0.4, 0.5) is 23.2 Å². The number of nitrogens with two attached hydrogens (primary N) is 1. The number of alkyl halides is 2. The number of anilines is 1. The van der Waals surface area contributed by atoms with Crippen molar-refractivity contribution in [1.82, 2.24) is 9.55 Å². The topological polar surface area (TPSA) is 102 Å². The summed E-state index contributed by atoms with van der Waals surface area (Å²) in [6.45, 7) is 0.590. The van der Waals surface area contributed by atoms with Crippen LogP contribution in [0.3, 0.4) is 0 Å². The molecule has 0 bridgehead atoms. The molecule has 2 aromatic carbocycles. The Balaban J connectivity index is 1.92. The van der Waals surface area contributed by atoms with Crippen LogP contribution in [0, 0.1) is 11.6 Å². The Bertz CT molecular complexity index is 1380. The van der Waals surface area contributed by atoms with Gasteiger partial charge in [0.1, 0.15) is 0 Å². The first kappa shape index (κ1) is 26.6. The molecule has 36 heavy (non-hydrogen) atoms. The predicted molar refractivity (Wildman–Crippen MR) is 129 cm³/mol. The summed E-state index contributed by atoms with van der Waals surface area (Å²) in [6.07, 6.45) is 0.0407. The van der Waals surface area contributed by atoms with Gasteiger partial charge in [-0.25, -0.2) is 22.5 Å². The van der Waals surface area contributed by atoms with Crippen LogP contribution in [0.5, 0.6) is 0 Å². The normalized spacial score (nSPS) is 12.2. The van der Waals surface area contributed by atoms with Gasteiger partial charge in [-0.05, 0) is 31.2 Å². The molecule has 3 N–H and O–H groups in total. The second-order valence-corrected chi connectivity index (χ2v) is 8.01. The Labute approximate surface area is 208 Å². The summed E-state index contributed by atoms with van der Waals surface area (Å²) in [5, 5.41) is 2.71. The zero-order valence-corrected chi connectivity index (χ0v) is 19.8. The molecule has 0 saturated carbocycles. The minimum absolute atomic E-state index is 0.0390. The highest BCUT2D eigenvalue weighted by molar-refractivity contribution is 6.33. The maximum atomic E-state index is 15.1. The van der Waals surface area contributed by atoms with E-state index in [1.165, 1.54) is 55.1 Å². The number of hydrogen-bond donors (Lipinski definition) is 2. The monoisotopic (exact) mass is 521 g/mol. The average Bonchev–Trinajstić information content (AvgIpc) is 3.20. The van der Waals surface area contributed by atoms with E-state index in [0.717, 1.165) is 6.21 Å². The predicted octanol–water partition coefficient (Wildman–Crippen LogP) is 5.11. The van der Waals surface area contributed by atoms with Crippen molar-refractivity contribution in [2.45, 2.75) is 13.3 Å². The maximum absolute atomic E-state index is 15.1. The lowest BCUT2D eigenvalue weighted by molar-refractivity contribution is 0.101. The average molecular weight is 522 g/mol. The van der Waals surface area contributed by atoms with Gasteiger partial charge in [0.25, 0.3) is 12.3 Å². The van der Waals surface area contributed by atoms with E-state index in [2.05, 4.69) is 15.3 Å². The van der Waals surface area contributed by atoms with Crippen LogP contribution in [0.1, 0.15) is 33.5 Å². The van der Waals surface area contributed by atoms with Crippen LogP contribution in [0.2, 0.25) is 5.02 Å². The summed E-state index contributed by atoms with van der Waals surface area (Å²) in [7, 11) is 1.44. The van der Waals surface area contributed by atoms with Gasteiger partial charge in [0, 0.05) is 46.9 Å². The van der Waals surface area contributed by atoms with Gasteiger partial charge >= 0.3 is 0 Å². The third kappa shape index (κ3) is 5.62. The number of halogens is 5. The van der Waals surface area contributed by atoms with E-state index in [0.29, 0.717) is 12.0 Å². The van der Waals surface area contributed by atoms with Crippen molar-refractivity contribution >= 4 is 41.3 Å².